The van der Waals surface area contributed by atoms with Crippen molar-refractivity contribution in [3.63, 3.8) is 0 Å². The highest BCUT2D eigenvalue weighted by Crippen LogP contribution is 2.17. The third-order valence-electron chi connectivity index (χ3n) is 2.91. The van der Waals surface area contributed by atoms with Crippen molar-refractivity contribution in [1.29, 1.82) is 0 Å². The van der Waals surface area contributed by atoms with E-state index >= 15 is 0 Å². The fourth-order valence-corrected chi connectivity index (χ4v) is 4.05. The van der Waals surface area contributed by atoms with Crippen molar-refractivity contribution in [3.8, 4) is 0 Å². The molecule has 0 saturated heterocycles. The SMILES string of the molecule is CC(C)(N)CS(=O)(=O)CC(=O)NC1CCCCC1. The van der Waals surface area contributed by atoms with E-state index in [0.717, 1.165) is 25.7 Å². The van der Waals surface area contributed by atoms with E-state index in [4.69, 9.17) is 5.73 Å². The molecule has 0 spiro atoms. The van der Waals surface area contributed by atoms with Crippen LogP contribution in [0, 0.1) is 0 Å². The van der Waals surface area contributed by atoms with Gasteiger partial charge in [-0.05, 0) is 26.7 Å². The quantitative estimate of drug-likeness (QED) is 0.769. The number of rotatable bonds is 5. The van der Waals surface area contributed by atoms with Gasteiger partial charge in [-0.25, -0.2) is 8.42 Å². The molecule has 0 aromatic heterocycles. The van der Waals surface area contributed by atoms with Gasteiger partial charge < -0.3 is 11.1 Å². The predicted molar refractivity (Wildman–Crippen MR) is 71.9 cm³/mol. The first kappa shape index (κ1) is 15.4. The normalized spacial score (nSPS) is 18.6. The number of carbonyl (C=O) groups excluding carboxylic acids is 1. The van der Waals surface area contributed by atoms with Crippen molar-refractivity contribution in [3.05, 3.63) is 0 Å². The summed E-state index contributed by atoms with van der Waals surface area (Å²) in [5.74, 6) is -1.02. The van der Waals surface area contributed by atoms with Gasteiger partial charge in [0.1, 0.15) is 5.75 Å². The molecular weight excluding hydrogens is 252 g/mol. The molecule has 18 heavy (non-hydrogen) atoms. The van der Waals surface area contributed by atoms with E-state index in [-0.39, 0.29) is 11.8 Å². The van der Waals surface area contributed by atoms with Gasteiger partial charge in [-0.3, -0.25) is 4.79 Å². The maximum atomic E-state index is 11.8. The topological polar surface area (TPSA) is 89.3 Å². The second-order valence-corrected chi connectivity index (χ2v) is 7.99. The average Bonchev–Trinajstić information content (AvgIpc) is 2.13. The summed E-state index contributed by atoms with van der Waals surface area (Å²) in [6.07, 6.45) is 5.31. The maximum absolute atomic E-state index is 11.8. The highest BCUT2D eigenvalue weighted by atomic mass is 32.2. The second-order valence-electron chi connectivity index (χ2n) is 5.92. The van der Waals surface area contributed by atoms with E-state index in [1.807, 2.05) is 0 Å². The molecule has 0 heterocycles. The fraction of sp³-hybridized carbons (Fsp3) is 0.917. The number of carbonyl (C=O) groups is 1. The Balaban J connectivity index is 2.43. The summed E-state index contributed by atoms with van der Waals surface area (Å²) in [6, 6.07) is 0.146. The lowest BCUT2D eigenvalue weighted by Crippen LogP contribution is -2.44. The number of hydrogen-bond donors (Lipinski definition) is 2. The Hall–Kier alpha value is -0.620. The minimum Gasteiger partial charge on any atom is -0.352 e. The van der Waals surface area contributed by atoms with Crippen molar-refractivity contribution in [1.82, 2.24) is 5.32 Å². The van der Waals surface area contributed by atoms with Crippen LogP contribution < -0.4 is 11.1 Å². The molecule has 1 amide bonds. The summed E-state index contributed by atoms with van der Waals surface area (Å²) in [7, 11) is -3.43. The van der Waals surface area contributed by atoms with E-state index in [0.29, 0.717) is 0 Å². The Morgan fingerprint density at radius 1 is 1.28 bits per heavy atom. The van der Waals surface area contributed by atoms with E-state index in [1.54, 1.807) is 13.8 Å². The zero-order valence-corrected chi connectivity index (χ0v) is 12.1. The predicted octanol–water partition coefficient (Wildman–Crippen LogP) is 0.587. The van der Waals surface area contributed by atoms with Crippen molar-refractivity contribution < 1.29 is 13.2 Å². The van der Waals surface area contributed by atoms with Crippen LogP contribution in [0.25, 0.3) is 0 Å². The van der Waals surface area contributed by atoms with Crippen LogP contribution >= 0.6 is 0 Å². The molecule has 1 fully saturated rings. The van der Waals surface area contributed by atoms with Crippen molar-refractivity contribution in [2.45, 2.75) is 57.5 Å². The molecule has 0 bridgehead atoms. The minimum absolute atomic E-state index is 0.146. The molecule has 0 unspecified atom stereocenters. The monoisotopic (exact) mass is 276 g/mol. The smallest absolute Gasteiger partial charge is 0.235 e. The Morgan fingerprint density at radius 3 is 2.33 bits per heavy atom. The maximum Gasteiger partial charge on any atom is 0.235 e. The van der Waals surface area contributed by atoms with Crippen LogP contribution in [0.3, 0.4) is 0 Å². The third-order valence-corrected chi connectivity index (χ3v) is 4.80. The molecule has 106 valence electrons. The first-order valence-corrected chi connectivity index (χ1v) is 8.29. The lowest BCUT2D eigenvalue weighted by atomic mass is 9.95. The first-order chi connectivity index (χ1) is 8.18. The summed E-state index contributed by atoms with van der Waals surface area (Å²) in [4.78, 5) is 11.7. The number of nitrogens with one attached hydrogen (secondary N) is 1. The standard InChI is InChI=1S/C12H24N2O3S/c1-12(2,13)9-18(16,17)8-11(15)14-10-6-4-3-5-7-10/h10H,3-9,13H2,1-2H3,(H,14,15). The van der Waals surface area contributed by atoms with Gasteiger partial charge in [0.25, 0.3) is 0 Å². The Labute approximate surface area is 109 Å². The molecule has 3 N–H and O–H groups in total. The Bertz CT molecular complexity index is 379. The Kier molecular flexibility index (Phi) is 5.16. The molecular formula is C12H24N2O3S. The molecule has 6 heteroatoms. The van der Waals surface area contributed by atoms with Crippen LogP contribution in [-0.4, -0.2) is 37.4 Å². The van der Waals surface area contributed by atoms with Crippen LogP contribution in [0.5, 0.6) is 0 Å². The third kappa shape index (κ3) is 6.35. The molecule has 1 aliphatic carbocycles. The van der Waals surface area contributed by atoms with Crippen molar-refractivity contribution in [2.75, 3.05) is 11.5 Å². The average molecular weight is 276 g/mol. The van der Waals surface area contributed by atoms with Crippen LogP contribution in [0.2, 0.25) is 0 Å². The van der Waals surface area contributed by atoms with Gasteiger partial charge in [0.05, 0.1) is 5.75 Å². The summed E-state index contributed by atoms with van der Waals surface area (Å²) in [5.41, 5.74) is 4.87. The lowest BCUT2D eigenvalue weighted by Gasteiger charge is -2.23. The van der Waals surface area contributed by atoms with E-state index < -0.39 is 27.0 Å². The highest BCUT2D eigenvalue weighted by molar-refractivity contribution is 7.92. The number of sulfone groups is 1. The van der Waals surface area contributed by atoms with Gasteiger partial charge >= 0.3 is 0 Å². The van der Waals surface area contributed by atoms with Crippen LogP contribution in [0.4, 0.5) is 0 Å². The summed E-state index contributed by atoms with van der Waals surface area (Å²) < 4.78 is 23.5. The minimum atomic E-state index is -3.43. The molecule has 1 aliphatic rings. The molecule has 0 radical (unpaired) electrons. The van der Waals surface area contributed by atoms with E-state index in [2.05, 4.69) is 5.32 Å². The zero-order chi connectivity index (χ0) is 13.8. The lowest BCUT2D eigenvalue weighted by molar-refractivity contribution is -0.119. The molecule has 0 aromatic carbocycles. The largest absolute Gasteiger partial charge is 0.352 e. The molecule has 0 aromatic rings. The second kappa shape index (κ2) is 6.02. The van der Waals surface area contributed by atoms with E-state index in [1.165, 1.54) is 6.42 Å². The molecule has 5 nitrogen and oxygen atoms in total. The van der Waals surface area contributed by atoms with Crippen LogP contribution in [-0.2, 0) is 14.6 Å². The number of amides is 1. The van der Waals surface area contributed by atoms with Gasteiger partial charge in [0, 0.05) is 11.6 Å². The van der Waals surface area contributed by atoms with Gasteiger partial charge in [0.2, 0.25) is 5.91 Å². The summed E-state index contributed by atoms with van der Waals surface area (Å²) in [6.45, 7) is 3.28. The van der Waals surface area contributed by atoms with Crippen LogP contribution in [0.15, 0.2) is 0 Å². The first-order valence-electron chi connectivity index (χ1n) is 6.47. The van der Waals surface area contributed by atoms with Gasteiger partial charge in [0.15, 0.2) is 9.84 Å². The van der Waals surface area contributed by atoms with Gasteiger partial charge in [-0.1, -0.05) is 19.3 Å². The van der Waals surface area contributed by atoms with Crippen LogP contribution in [0.1, 0.15) is 46.0 Å². The number of hydrogen-bond acceptors (Lipinski definition) is 4. The van der Waals surface area contributed by atoms with Gasteiger partial charge in [-0.15, -0.1) is 0 Å². The molecule has 1 rings (SSSR count). The molecule has 0 aliphatic heterocycles. The number of nitrogens with two attached hydrogens (primary N) is 1. The summed E-state index contributed by atoms with van der Waals surface area (Å²) in [5, 5.41) is 2.80. The Morgan fingerprint density at radius 2 is 1.83 bits per heavy atom. The summed E-state index contributed by atoms with van der Waals surface area (Å²) >= 11 is 0. The fourth-order valence-electron chi connectivity index (χ4n) is 2.33. The zero-order valence-electron chi connectivity index (χ0n) is 11.2. The molecule has 1 saturated carbocycles. The van der Waals surface area contributed by atoms with E-state index in [9.17, 15) is 13.2 Å². The van der Waals surface area contributed by atoms with Crippen molar-refractivity contribution >= 4 is 15.7 Å². The van der Waals surface area contributed by atoms with Crippen molar-refractivity contribution in [2.24, 2.45) is 5.73 Å². The van der Waals surface area contributed by atoms with Gasteiger partial charge in [-0.2, -0.15) is 0 Å². The highest BCUT2D eigenvalue weighted by Gasteiger charge is 2.25. The molecule has 0 atom stereocenters.